The van der Waals surface area contributed by atoms with Crippen molar-refractivity contribution in [2.24, 2.45) is 5.92 Å². The number of halogens is 1. The highest BCUT2D eigenvalue weighted by Crippen LogP contribution is 2.31. The van der Waals surface area contributed by atoms with Gasteiger partial charge in [0.2, 0.25) is 5.91 Å². The van der Waals surface area contributed by atoms with E-state index in [-0.39, 0.29) is 23.7 Å². The molecule has 1 aliphatic carbocycles. The zero-order chi connectivity index (χ0) is 29.1. The molecule has 0 unspecified atom stereocenters. The van der Waals surface area contributed by atoms with Crippen LogP contribution in [0.15, 0.2) is 66.9 Å². The minimum absolute atomic E-state index is 0.0683. The summed E-state index contributed by atoms with van der Waals surface area (Å²) >= 11 is 0. The summed E-state index contributed by atoms with van der Waals surface area (Å²) in [4.78, 5) is 22.7. The van der Waals surface area contributed by atoms with Gasteiger partial charge in [-0.05, 0) is 85.8 Å². The number of rotatable bonds is 8. The van der Waals surface area contributed by atoms with Crippen LogP contribution in [0.5, 0.6) is 5.75 Å². The number of ether oxygens (including phenoxy) is 2. The van der Waals surface area contributed by atoms with E-state index in [2.05, 4.69) is 33.7 Å². The number of methoxy groups -OCH3 is 1. The summed E-state index contributed by atoms with van der Waals surface area (Å²) in [5.74, 6) is 0.915. The molecule has 0 radical (unpaired) electrons. The van der Waals surface area contributed by atoms with Gasteiger partial charge in [0.15, 0.2) is 0 Å². The van der Waals surface area contributed by atoms with Crippen LogP contribution in [0.1, 0.15) is 38.3 Å². The van der Waals surface area contributed by atoms with Crippen molar-refractivity contribution in [3.05, 3.63) is 78.4 Å². The molecule has 6 rings (SSSR count). The summed E-state index contributed by atoms with van der Waals surface area (Å²) in [6.07, 6.45) is 6.20. The first kappa shape index (κ1) is 28.4. The molecule has 1 aliphatic heterocycles. The molecule has 8 heteroatoms. The molecule has 2 aliphatic rings. The summed E-state index contributed by atoms with van der Waals surface area (Å²) in [6.45, 7) is 6.28. The van der Waals surface area contributed by atoms with Crippen LogP contribution in [0.3, 0.4) is 0 Å². The molecule has 4 aromatic rings. The SMILES string of the molecule is CCOc1cccc(-c2ccc3nc(-c4ccc(F)cc4)c(CN4CCN(C(=O)[C@@H]5CCC[C@@H](OC)C5)CC4)n3c2)c1. The highest BCUT2D eigenvalue weighted by atomic mass is 19.1. The maximum Gasteiger partial charge on any atom is 0.225 e. The largest absolute Gasteiger partial charge is 0.494 e. The summed E-state index contributed by atoms with van der Waals surface area (Å²) in [5, 5.41) is 0. The van der Waals surface area contributed by atoms with Gasteiger partial charge < -0.3 is 18.8 Å². The first-order valence-corrected chi connectivity index (χ1v) is 15.1. The van der Waals surface area contributed by atoms with Crippen LogP contribution < -0.4 is 4.74 Å². The lowest BCUT2D eigenvalue weighted by Crippen LogP contribution is -2.50. The van der Waals surface area contributed by atoms with Crippen LogP contribution in [-0.4, -0.2) is 71.1 Å². The van der Waals surface area contributed by atoms with Crippen LogP contribution in [0, 0.1) is 11.7 Å². The number of aromatic nitrogens is 2. The number of carbonyl (C=O) groups is 1. The summed E-state index contributed by atoms with van der Waals surface area (Å²) in [6, 6.07) is 18.8. The fourth-order valence-corrected chi connectivity index (χ4v) is 6.37. The van der Waals surface area contributed by atoms with Gasteiger partial charge in [0, 0.05) is 57.5 Å². The van der Waals surface area contributed by atoms with Crippen LogP contribution >= 0.6 is 0 Å². The van der Waals surface area contributed by atoms with Gasteiger partial charge in [-0.25, -0.2) is 9.37 Å². The van der Waals surface area contributed by atoms with E-state index in [0.717, 1.165) is 78.2 Å². The molecule has 1 saturated heterocycles. The molecule has 7 nitrogen and oxygen atoms in total. The molecule has 3 heterocycles. The number of pyridine rings is 1. The minimum atomic E-state index is -0.267. The summed E-state index contributed by atoms with van der Waals surface area (Å²) in [5.41, 5.74) is 5.75. The third kappa shape index (κ3) is 6.05. The van der Waals surface area contributed by atoms with E-state index in [0.29, 0.717) is 26.2 Å². The molecule has 0 spiro atoms. The molecule has 2 aromatic carbocycles. The lowest BCUT2D eigenvalue weighted by molar-refractivity contribution is -0.140. The molecule has 2 aromatic heterocycles. The number of carbonyl (C=O) groups excluding carboxylic acids is 1. The molecule has 1 saturated carbocycles. The molecule has 42 heavy (non-hydrogen) atoms. The van der Waals surface area contributed by atoms with Gasteiger partial charge in [-0.15, -0.1) is 0 Å². The van der Waals surface area contributed by atoms with Crippen molar-refractivity contribution in [3.8, 4) is 28.1 Å². The number of nitrogens with zero attached hydrogens (tertiary/aromatic N) is 4. The second-order valence-corrected chi connectivity index (χ2v) is 11.3. The normalized spacial score (nSPS) is 19.7. The second kappa shape index (κ2) is 12.6. The van der Waals surface area contributed by atoms with E-state index < -0.39 is 0 Å². The number of hydrogen-bond donors (Lipinski definition) is 0. The van der Waals surface area contributed by atoms with Crippen molar-refractivity contribution in [1.29, 1.82) is 0 Å². The Kier molecular flexibility index (Phi) is 8.53. The Balaban J connectivity index is 1.26. The Morgan fingerprint density at radius 2 is 1.76 bits per heavy atom. The quantitative estimate of drug-likeness (QED) is 0.258. The van der Waals surface area contributed by atoms with Gasteiger partial charge in [-0.2, -0.15) is 0 Å². The number of amides is 1. The number of imidazole rings is 1. The van der Waals surface area contributed by atoms with E-state index in [4.69, 9.17) is 14.5 Å². The maximum absolute atomic E-state index is 13.8. The van der Waals surface area contributed by atoms with Crippen LogP contribution in [0.25, 0.3) is 28.0 Å². The average Bonchev–Trinajstić information content (AvgIpc) is 3.39. The van der Waals surface area contributed by atoms with Crippen LogP contribution in [0.4, 0.5) is 4.39 Å². The molecule has 0 bridgehead atoms. The van der Waals surface area contributed by atoms with Crippen molar-refractivity contribution in [2.45, 2.75) is 45.3 Å². The van der Waals surface area contributed by atoms with Crippen molar-refractivity contribution in [1.82, 2.24) is 19.2 Å². The standard InChI is InChI=1S/C34H39FN4O3/c1-3-42-30-9-4-6-25(20-30)27-12-15-32-36-33(24-10-13-28(35)14-11-24)31(39(32)22-27)23-37-16-18-38(19-17-37)34(40)26-7-5-8-29(21-26)41-2/h4,6,9-15,20,22,26,29H,3,5,7-8,16-19,21,23H2,1-2H3/t26-,29-/m1/s1. The average molecular weight is 571 g/mol. The Morgan fingerprint density at radius 3 is 2.52 bits per heavy atom. The molecule has 2 atom stereocenters. The van der Waals surface area contributed by atoms with Crippen LogP contribution in [0.2, 0.25) is 0 Å². The fourth-order valence-electron chi connectivity index (χ4n) is 6.37. The molecular formula is C34H39FN4O3. The van der Waals surface area contributed by atoms with Gasteiger partial charge in [-0.3, -0.25) is 9.69 Å². The van der Waals surface area contributed by atoms with Gasteiger partial charge in [0.25, 0.3) is 0 Å². The maximum atomic E-state index is 13.8. The smallest absolute Gasteiger partial charge is 0.225 e. The lowest BCUT2D eigenvalue weighted by Gasteiger charge is -2.38. The van der Waals surface area contributed by atoms with E-state index >= 15 is 0 Å². The second-order valence-electron chi connectivity index (χ2n) is 11.3. The van der Waals surface area contributed by atoms with E-state index in [1.54, 1.807) is 19.2 Å². The third-order valence-corrected chi connectivity index (χ3v) is 8.68. The topological polar surface area (TPSA) is 59.3 Å². The zero-order valence-electron chi connectivity index (χ0n) is 24.5. The van der Waals surface area contributed by atoms with Crippen molar-refractivity contribution < 1.29 is 18.7 Å². The first-order valence-electron chi connectivity index (χ1n) is 15.1. The first-order chi connectivity index (χ1) is 20.5. The molecule has 220 valence electrons. The van der Waals surface area contributed by atoms with Gasteiger partial charge in [0.05, 0.1) is 24.1 Å². The lowest BCUT2D eigenvalue weighted by atomic mass is 9.86. The predicted molar refractivity (Wildman–Crippen MR) is 162 cm³/mol. The Hall–Kier alpha value is -3.75. The van der Waals surface area contributed by atoms with Gasteiger partial charge >= 0.3 is 0 Å². The van der Waals surface area contributed by atoms with Gasteiger partial charge in [0.1, 0.15) is 17.2 Å². The number of piperazine rings is 1. The number of benzene rings is 2. The highest BCUT2D eigenvalue weighted by molar-refractivity contribution is 5.79. The van der Waals surface area contributed by atoms with Crippen LogP contribution in [-0.2, 0) is 16.1 Å². The molecular weight excluding hydrogens is 531 g/mol. The summed E-state index contributed by atoms with van der Waals surface area (Å²) in [7, 11) is 1.75. The number of hydrogen-bond acceptors (Lipinski definition) is 5. The highest BCUT2D eigenvalue weighted by Gasteiger charge is 2.32. The Labute approximate surface area is 246 Å². The van der Waals surface area contributed by atoms with E-state index in [9.17, 15) is 9.18 Å². The van der Waals surface area contributed by atoms with Crippen molar-refractivity contribution >= 4 is 11.6 Å². The predicted octanol–water partition coefficient (Wildman–Crippen LogP) is 6.06. The zero-order valence-corrected chi connectivity index (χ0v) is 24.5. The van der Waals surface area contributed by atoms with E-state index in [1.165, 1.54) is 12.1 Å². The fraction of sp³-hybridized carbons (Fsp3) is 0.412. The monoisotopic (exact) mass is 570 g/mol. The Bertz CT molecular complexity index is 1530. The molecule has 2 fully saturated rings. The molecule has 0 N–H and O–H groups in total. The third-order valence-electron chi connectivity index (χ3n) is 8.68. The Morgan fingerprint density at radius 1 is 0.976 bits per heavy atom. The number of fused-ring (bicyclic) bond motifs is 1. The van der Waals surface area contributed by atoms with Crippen molar-refractivity contribution in [3.63, 3.8) is 0 Å². The van der Waals surface area contributed by atoms with Crippen molar-refractivity contribution in [2.75, 3.05) is 39.9 Å². The minimum Gasteiger partial charge on any atom is -0.494 e. The van der Waals surface area contributed by atoms with Gasteiger partial charge in [-0.1, -0.05) is 18.6 Å². The molecule has 1 amide bonds. The van der Waals surface area contributed by atoms with E-state index in [1.807, 2.05) is 30.0 Å². The summed E-state index contributed by atoms with van der Waals surface area (Å²) < 4.78 is 27.3.